The number of aromatic nitrogens is 1. The SMILES string of the molecule is CC(OC(=O)C1CCN(c2nc3ccccc3o2)CC1)C(=O)c1ccc2c(c1)NC(=O)CO2. The number of anilines is 2. The minimum absolute atomic E-state index is 0.0560. The zero-order valence-corrected chi connectivity index (χ0v) is 18.1. The summed E-state index contributed by atoms with van der Waals surface area (Å²) in [5.41, 5.74) is 2.30. The lowest BCUT2D eigenvalue weighted by Gasteiger charge is -2.30. The largest absolute Gasteiger partial charge is 0.482 e. The van der Waals surface area contributed by atoms with Crippen LogP contribution in [0.2, 0.25) is 0 Å². The van der Waals surface area contributed by atoms with Crippen LogP contribution in [-0.4, -0.2) is 48.4 Å². The molecule has 1 aromatic heterocycles. The summed E-state index contributed by atoms with van der Waals surface area (Å²) < 4.78 is 16.6. The van der Waals surface area contributed by atoms with E-state index in [4.69, 9.17) is 13.9 Å². The summed E-state index contributed by atoms with van der Waals surface area (Å²) in [6.45, 7) is 2.72. The van der Waals surface area contributed by atoms with E-state index in [1.54, 1.807) is 19.1 Å². The van der Waals surface area contributed by atoms with Gasteiger partial charge in [0.05, 0.1) is 11.6 Å². The van der Waals surface area contributed by atoms with Crippen LogP contribution in [0.4, 0.5) is 11.7 Å². The second-order valence-electron chi connectivity index (χ2n) is 8.22. The number of piperidine rings is 1. The summed E-state index contributed by atoms with van der Waals surface area (Å²) in [5, 5.41) is 2.67. The Morgan fingerprint density at radius 3 is 2.76 bits per heavy atom. The quantitative estimate of drug-likeness (QED) is 0.467. The number of ketones is 1. The smallest absolute Gasteiger partial charge is 0.309 e. The maximum absolute atomic E-state index is 12.8. The predicted octanol–water partition coefficient (Wildman–Crippen LogP) is 3.19. The van der Waals surface area contributed by atoms with Gasteiger partial charge in [0.2, 0.25) is 5.78 Å². The second kappa shape index (κ2) is 8.57. The minimum Gasteiger partial charge on any atom is -0.482 e. The van der Waals surface area contributed by atoms with Crippen molar-refractivity contribution >= 4 is 40.5 Å². The van der Waals surface area contributed by atoms with E-state index in [0.29, 0.717) is 48.9 Å². The predicted molar refractivity (Wildman–Crippen MR) is 119 cm³/mol. The molecule has 9 nitrogen and oxygen atoms in total. The van der Waals surface area contributed by atoms with Crippen molar-refractivity contribution in [2.45, 2.75) is 25.9 Å². The van der Waals surface area contributed by atoms with Gasteiger partial charge >= 0.3 is 5.97 Å². The molecule has 0 bridgehead atoms. The second-order valence-corrected chi connectivity index (χ2v) is 8.22. The molecule has 3 heterocycles. The lowest BCUT2D eigenvalue weighted by Crippen LogP contribution is -2.38. The lowest BCUT2D eigenvalue weighted by molar-refractivity contribution is -0.152. The first-order valence-electron chi connectivity index (χ1n) is 10.9. The molecule has 9 heteroatoms. The number of carbonyl (C=O) groups is 3. The molecule has 2 aromatic carbocycles. The Morgan fingerprint density at radius 1 is 1.18 bits per heavy atom. The van der Waals surface area contributed by atoms with Crippen molar-refractivity contribution < 1.29 is 28.3 Å². The standard InChI is InChI=1S/C24H23N3O6/c1-14(22(29)16-6-7-19-18(12-16)25-21(28)13-31-19)32-23(30)15-8-10-27(11-9-15)24-26-17-4-2-3-5-20(17)33-24/h2-7,12,14-15H,8-11,13H2,1H3,(H,25,28). The number of Topliss-reactive ketones (excluding diaryl/α,β-unsaturated/α-hetero) is 1. The van der Waals surface area contributed by atoms with Gasteiger partial charge < -0.3 is 24.1 Å². The van der Waals surface area contributed by atoms with Crippen molar-refractivity contribution in [1.82, 2.24) is 4.98 Å². The van der Waals surface area contributed by atoms with Crippen LogP contribution in [0.5, 0.6) is 5.75 Å². The highest BCUT2D eigenvalue weighted by molar-refractivity contribution is 6.03. The number of amides is 1. The number of rotatable bonds is 5. The van der Waals surface area contributed by atoms with Gasteiger partial charge in [-0.1, -0.05) is 12.1 Å². The van der Waals surface area contributed by atoms with E-state index in [-0.39, 0.29) is 30.2 Å². The van der Waals surface area contributed by atoms with Gasteiger partial charge in [0, 0.05) is 18.7 Å². The molecule has 1 amide bonds. The number of carbonyl (C=O) groups excluding carboxylic acids is 3. The molecular formula is C24H23N3O6. The lowest BCUT2D eigenvalue weighted by atomic mass is 9.97. The van der Waals surface area contributed by atoms with Gasteiger partial charge in [0.1, 0.15) is 11.3 Å². The summed E-state index contributed by atoms with van der Waals surface area (Å²) in [6.07, 6.45) is 0.229. The summed E-state index contributed by atoms with van der Waals surface area (Å²) in [6, 6.07) is 12.9. The Balaban J connectivity index is 1.17. The maximum Gasteiger partial charge on any atom is 0.309 e. The molecule has 1 saturated heterocycles. The highest BCUT2D eigenvalue weighted by Gasteiger charge is 2.31. The van der Waals surface area contributed by atoms with Crippen LogP contribution in [0, 0.1) is 5.92 Å². The fourth-order valence-corrected chi connectivity index (χ4v) is 4.10. The maximum atomic E-state index is 12.8. The summed E-state index contributed by atoms with van der Waals surface area (Å²) >= 11 is 0. The third-order valence-electron chi connectivity index (χ3n) is 5.94. The van der Waals surface area contributed by atoms with Crippen LogP contribution in [0.25, 0.3) is 11.1 Å². The van der Waals surface area contributed by atoms with Crippen LogP contribution in [0.3, 0.4) is 0 Å². The topological polar surface area (TPSA) is 111 Å². The van der Waals surface area contributed by atoms with Crippen molar-refractivity contribution in [1.29, 1.82) is 0 Å². The molecule has 0 aliphatic carbocycles. The highest BCUT2D eigenvalue weighted by atomic mass is 16.5. The van der Waals surface area contributed by atoms with E-state index < -0.39 is 6.10 Å². The first kappa shape index (κ1) is 21.0. The third-order valence-corrected chi connectivity index (χ3v) is 5.94. The Hall–Kier alpha value is -3.88. The van der Waals surface area contributed by atoms with Crippen LogP contribution in [0.15, 0.2) is 46.9 Å². The molecular weight excluding hydrogens is 426 g/mol. The van der Waals surface area contributed by atoms with Gasteiger partial charge in [-0.15, -0.1) is 0 Å². The van der Waals surface area contributed by atoms with Crippen LogP contribution in [0.1, 0.15) is 30.1 Å². The number of ether oxygens (including phenoxy) is 2. The number of fused-ring (bicyclic) bond motifs is 2. The molecule has 170 valence electrons. The van der Waals surface area contributed by atoms with E-state index in [0.717, 1.165) is 11.1 Å². The van der Waals surface area contributed by atoms with Crippen LogP contribution < -0.4 is 15.0 Å². The van der Waals surface area contributed by atoms with Crippen molar-refractivity contribution in [3.8, 4) is 5.75 Å². The molecule has 3 aromatic rings. The van der Waals surface area contributed by atoms with Crippen molar-refractivity contribution in [3.05, 3.63) is 48.0 Å². The number of benzene rings is 2. The Morgan fingerprint density at radius 2 is 1.97 bits per heavy atom. The Bertz CT molecular complexity index is 1190. The monoisotopic (exact) mass is 449 g/mol. The summed E-state index contributed by atoms with van der Waals surface area (Å²) in [7, 11) is 0. The molecule has 5 rings (SSSR count). The van der Waals surface area contributed by atoms with Gasteiger partial charge in [-0.25, -0.2) is 0 Å². The van der Waals surface area contributed by atoms with E-state index in [9.17, 15) is 14.4 Å². The van der Waals surface area contributed by atoms with E-state index in [1.807, 2.05) is 29.2 Å². The van der Waals surface area contributed by atoms with E-state index in [2.05, 4.69) is 10.3 Å². The number of oxazole rings is 1. The van der Waals surface area contributed by atoms with Crippen molar-refractivity contribution in [2.24, 2.45) is 5.92 Å². The normalized spacial score (nSPS) is 17.1. The van der Waals surface area contributed by atoms with Crippen LogP contribution in [-0.2, 0) is 14.3 Å². The average Bonchev–Trinajstić information content (AvgIpc) is 3.27. The fraction of sp³-hybridized carbons (Fsp3) is 0.333. The van der Waals surface area contributed by atoms with Gasteiger partial charge in [-0.3, -0.25) is 14.4 Å². The van der Waals surface area contributed by atoms with Gasteiger partial charge in [-0.2, -0.15) is 4.98 Å². The fourth-order valence-electron chi connectivity index (χ4n) is 4.10. The summed E-state index contributed by atoms with van der Waals surface area (Å²) in [4.78, 5) is 43.5. The zero-order chi connectivity index (χ0) is 22.9. The molecule has 1 atom stereocenters. The van der Waals surface area contributed by atoms with Gasteiger partial charge in [0.25, 0.3) is 11.9 Å². The summed E-state index contributed by atoms with van der Waals surface area (Å²) in [5.74, 6) is -0.799. The zero-order valence-electron chi connectivity index (χ0n) is 18.1. The number of hydrogen-bond acceptors (Lipinski definition) is 8. The molecule has 0 spiro atoms. The van der Waals surface area contributed by atoms with E-state index >= 15 is 0 Å². The Labute approximate surface area is 189 Å². The number of esters is 1. The van der Waals surface area contributed by atoms with Crippen molar-refractivity contribution in [3.63, 3.8) is 0 Å². The first-order chi connectivity index (χ1) is 16.0. The molecule has 1 fully saturated rings. The van der Waals surface area contributed by atoms with Gasteiger partial charge in [0.15, 0.2) is 18.3 Å². The molecule has 0 radical (unpaired) electrons. The first-order valence-corrected chi connectivity index (χ1v) is 10.9. The average molecular weight is 449 g/mol. The van der Waals surface area contributed by atoms with Crippen LogP contribution >= 0.6 is 0 Å². The third kappa shape index (κ3) is 4.26. The van der Waals surface area contributed by atoms with Gasteiger partial charge in [-0.05, 0) is 50.1 Å². The number of para-hydroxylation sites is 2. The number of nitrogens with one attached hydrogen (secondary N) is 1. The Kier molecular flexibility index (Phi) is 5.45. The highest BCUT2D eigenvalue weighted by Crippen LogP contribution is 2.30. The molecule has 2 aliphatic rings. The molecule has 0 saturated carbocycles. The number of hydrogen-bond donors (Lipinski definition) is 1. The molecule has 33 heavy (non-hydrogen) atoms. The van der Waals surface area contributed by atoms with E-state index in [1.165, 1.54) is 6.07 Å². The molecule has 2 aliphatic heterocycles. The number of nitrogens with zero attached hydrogens (tertiary/aromatic N) is 2. The molecule has 1 N–H and O–H groups in total. The molecule has 1 unspecified atom stereocenters. The minimum atomic E-state index is -0.939. The van der Waals surface area contributed by atoms with Crippen molar-refractivity contribution in [2.75, 3.05) is 29.9 Å².